The second-order valence-corrected chi connectivity index (χ2v) is 3.15. The molecule has 0 saturated heterocycles. The minimum Gasteiger partial charge on any atom is -1.00 e. The molecule has 0 bridgehead atoms. The van der Waals surface area contributed by atoms with E-state index in [0.717, 1.165) is 0 Å². The Morgan fingerprint density at radius 1 is 1.60 bits per heavy atom. The Hall–Kier alpha value is 1.47. The third-order valence-corrected chi connectivity index (χ3v) is 1.76. The van der Waals surface area contributed by atoms with Crippen molar-refractivity contribution in [3.8, 4) is 0 Å². The molecule has 58 valence electrons. The molecule has 0 amide bonds. The van der Waals surface area contributed by atoms with Crippen molar-refractivity contribution >= 4 is 10.1 Å². The molecule has 7 heteroatoms. The van der Waals surface area contributed by atoms with Gasteiger partial charge in [0.2, 0.25) is 0 Å². The summed E-state index contributed by atoms with van der Waals surface area (Å²) in [6.45, 7) is -0.910. The standard InChI is InChI=1S/C3H8O5S.K.H/c1-2-9(6,7)8-3(4)5;;/h3-5H,2H2,1H3;;/q;+1;-1. The largest absolute Gasteiger partial charge is 1.00 e. The molecule has 0 aliphatic heterocycles. The van der Waals surface area contributed by atoms with Crippen LogP contribution in [-0.2, 0) is 14.3 Å². The summed E-state index contributed by atoms with van der Waals surface area (Å²) in [5, 5.41) is 15.9. The molecule has 2 N–H and O–H groups in total. The van der Waals surface area contributed by atoms with Crippen molar-refractivity contribution in [1.82, 2.24) is 0 Å². The van der Waals surface area contributed by atoms with Gasteiger partial charge < -0.3 is 11.6 Å². The van der Waals surface area contributed by atoms with Crippen LogP contribution in [0.4, 0.5) is 0 Å². The van der Waals surface area contributed by atoms with E-state index in [-0.39, 0.29) is 58.6 Å². The molecule has 0 saturated carbocycles. The van der Waals surface area contributed by atoms with Crippen molar-refractivity contribution in [2.45, 2.75) is 13.4 Å². The Kier molecular flexibility index (Phi) is 8.46. The summed E-state index contributed by atoms with van der Waals surface area (Å²) in [4.78, 5) is 0. The fourth-order valence-electron chi connectivity index (χ4n) is 0.199. The van der Waals surface area contributed by atoms with Gasteiger partial charge in [0.1, 0.15) is 0 Å². The first-order valence-corrected chi connectivity index (χ1v) is 3.83. The molecule has 0 fully saturated rings. The number of hydrogen-bond donors (Lipinski definition) is 2. The maximum atomic E-state index is 10.3. The minimum absolute atomic E-state index is 0. The molecule has 0 rings (SSSR count). The zero-order valence-corrected chi connectivity index (χ0v) is 9.75. The summed E-state index contributed by atoms with van der Waals surface area (Å²) in [6, 6.07) is 0. The molecule has 10 heavy (non-hydrogen) atoms. The smallest absolute Gasteiger partial charge is 1.00 e. The van der Waals surface area contributed by atoms with Crippen LogP contribution >= 0.6 is 0 Å². The molecule has 0 aliphatic rings. The Labute approximate surface area is 103 Å². The molecule has 0 aromatic rings. The molecule has 5 nitrogen and oxygen atoms in total. The minimum atomic E-state index is -3.72. The molecule has 0 heterocycles. The second-order valence-electron chi connectivity index (χ2n) is 1.27. The van der Waals surface area contributed by atoms with E-state index < -0.39 is 16.6 Å². The van der Waals surface area contributed by atoms with Gasteiger partial charge in [0.15, 0.2) is 0 Å². The van der Waals surface area contributed by atoms with E-state index in [0.29, 0.717) is 0 Å². The van der Waals surface area contributed by atoms with E-state index in [1.807, 2.05) is 0 Å². The van der Waals surface area contributed by atoms with Crippen molar-refractivity contribution in [1.29, 1.82) is 0 Å². The van der Waals surface area contributed by atoms with Gasteiger partial charge in [-0.1, -0.05) is 0 Å². The van der Waals surface area contributed by atoms with Gasteiger partial charge in [-0.25, -0.2) is 4.18 Å². The quantitative estimate of drug-likeness (QED) is 0.271. The molecule has 0 radical (unpaired) electrons. The summed E-state index contributed by atoms with van der Waals surface area (Å²) >= 11 is 0. The van der Waals surface area contributed by atoms with Gasteiger partial charge >= 0.3 is 51.4 Å². The molecular formula is C3H9KO5S. The topological polar surface area (TPSA) is 83.8 Å². The SMILES string of the molecule is CCS(=O)(=O)OC(O)O.[H-].[K+]. The molecule has 0 unspecified atom stereocenters. The normalized spacial score (nSPS) is 11.2. The van der Waals surface area contributed by atoms with Gasteiger partial charge in [0.05, 0.1) is 5.75 Å². The van der Waals surface area contributed by atoms with Gasteiger partial charge in [-0.2, -0.15) is 8.42 Å². The van der Waals surface area contributed by atoms with Crippen LogP contribution in [0.3, 0.4) is 0 Å². The summed E-state index contributed by atoms with van der Waals surface area (Å²) in [5.74, 6) is -0.273. The Morgan fingerprint density at radius 2 is 2.00 bits per heavy atom. The van der Waals surface area contributed by atoms with Gasteiger partial charge in [0, 0.05) is 0 Å². The summed E-state index contributed by atoms with van der Waals surface area (Å²) < 4.78 is 24.2. The zero-order chi connectivity index (χ0) is 7.49. The van der Waals surface area contributed by atoms with E-state index >= 15 is 0 Å². The van der Waals surface area contributed by atoms with E-state index in [1.54, 1.807) is 0 Å². The Bertz CT molecular complexity index is 167. The molecule has 0 aromatic heterocycles. The molecule has 0 aliphatic carbocycles. The Morgan fingerprint density at radius 3 is 2.10 bits per heavy atom. The first-order valence-electron chi connectivity index (χ1n) is 2.25. The van der Waals surface area contributed by atoms with Gasteiger partial charge in [-0.15, -0.1) is 0 Å². The van der Waals surface area contributed by atoms with Crippen molar-refractivity contribution in [2.24, 2.45) is 0 Å². The average Bonchev–Trinajstić information content (AvgIpc) is 1.63. The summed E-state index contributed by atoms with van der Waals surface area (Å²) in [6.07, 6.45) is 0. The first-order chi connectivity index (χ1) is 3.98. The average molecular weight is 196 g/mol. The van der Waals surface area contributed by atoms with Crippen LogP contribution in [0.2, 0.25) is 0 Å². The van der Waals surface area contributed by atoms with Gasteiger partial charge in [-0.05, 0) is 6.92 Å². The van der Waals surface area contributed by atoms with Crippen LogP contribution in [0.1, 0.15) is 8.35 Å². The van der Waals surface area contributed by atoms with E-state index in [1.165, 1.54) is 6.92 Å². The Balaban J connectivity index is -0.000000320. The van der Waals surface area contributed by atoms with Crippen LogP contribution in [0, 0.1) is 0 Å². The molecular weight excluding hydrogens is 187 g/mol. The van der Waals surface area contributed by atoms with Crippen LogP contribution in [0.5, 0.6) is 0 Å². The number of rotatable bonds is 3. The molecule has 0 aromatic carbocycles. The second kappa shape index (κ2) is 6.04. The van der Waals surface area contributed by atoms with Crippen LogP contribution in [0.25, 0.3) is 0 Å². The van der Waals surface area contributed by atoms with E-state index in [9.17, 15) is 8.42 Å². The monoisotopic (exact) mass is 196 g/mol. The first kappa shape index (κ1) is 14.0. The van der Waals surface area contributed by atoms with Crippen LogP contribution in [0.15, 0.2) is 0 Å². The van der Waals surface area contributed by atoms with Gasteiger partial charge in [-0.3, -0.25) is 0 Å². The van der Waals surface area contributed by atoms with Crippen molar-refractivity contribution in [3.63, 3.8) is 0 Å². The van der Waals surface area contributed by atoms with E-state index in [2.05, 4.69) is 4.18 Å². The van der Waals surface area contributed by atoms with Gasteiger partial charge in [0.25, 0.3) is 16.6 Å². The number of hydrogen-bond acceptors (Lipinski definition) is 5. The third kappa shape index (κ3) is 7.57. The van der Waals surface area contributed by atoms with Crippen LogP contribution in [-0.4, -0.2) is 30.9 Å². The predicted molar refractivity (Wildman–Crippen MR) is 29.9 cm³/mol. The maximum Gasteiger partial charge on any atom is 1.00 e. The van der Waals surface area contributed by atoms with Crippen molar-refractivity contribution < 1.29 is 75.6 Å². The fourth-order valence-corrected chi connectivity index (χ4v) is 0.598. The van der Waals surface area contributed by atoms with Crippen molar-refractivity contribution in [2.75, 3.05) is 5.75 Å². The fraction of sp³-hybridized carbons (Fsp3) is 1.00. The predicted octanol–water partition coefficient (Wildman–Crippen LogP) is -4.26. The molecule has 0 atom stereocenters. The molecule has 0 spiro atoms. The summed E-state index contributed by atoms with van der Waals surface area (Å²) in [5.41, 5.74) is 0. The number of aliphatic hydroxyl groups excluding tert-OH is 1. The zero-order valence-electron chi connectivity index (χ0n) is 6.81. The third-order valence-electron chi connectivity index (χ3n) is 0.586. The number of aliphatic hydroxyl groups is 2. The van der Waals surface area contributed by atoms with Crippen molar-refractivity contribution in [3.05, 3.63) is 0 Å². The maximum absolute atomic E-state index is 10.3. The van der Waals surface area contributed by atoms with E-state index in [4.69, 9.17) is 10.2 Å². The van der Waals surface area contributed by atoms with Crippen LogP contribution < -0.4 is 51.4 Å². The summed E-state index contributed by atoms with van der Waals surface area (Å²) in [7, 11) is -3.72.